The van der Waals surface area contributed by atoms with E-state index in [0.717, 1.165) is 53.2 Å². The second-order valence-corrected chi connectivity index (χ2v) is 7.53. The van der Waals surface area contributed by atoms with E-state index in [-0.39, 0.29) is 11.9 Å². The Bertz CT molecular complexity index is 791. The van der Waals surface area contributed by atoms with Crippen molar-refractivity contribution in [3.63, 3.8) is 0 Å². The normalized spacial score (nSPS) is 19.5. The van der Waals surface area contributed by atoms with Gasteiger partial charge in [0.25, 0.3) is 0 Å². The number of benzene rings is 1. The van der Waals surface area contributed by atoms with Crippen molar-refractivity contribution in [2.75, 3.05) is 27.2 Å². The number of methoxy groups -OCH3 is 1. The largest absolute Gasteiger partial charge is 0.507 e. The van der Waals surface area contributed by atoms with Crippen LogP contribution in [0.3, 0.4) is 0 Å². The number of piperidine rings is 1. The van der Waals surface area contributed by atoms with Crippen LogP contribution < -0.4 is 0 Å². The summed E-state index contributed by atoms with van der Waals surface area (Å²) in [6, 6.07) is 5.65. The molecule has 1 fully saturated rings. The molecule has 2 heterocycles. The lowest BCUT2D eigenvalue weighted by molar-refractivity contribution is 0.0159. The molecule has 1 aromatic heterocycles. The number of nitrogens with zero attached hydrogens (tertiary/aromatic N) is 3. The third-order valence-electron chi connectivity index (χ3n) is 5.58. The van der Waals surface area contributed by atoms with E-state index in [1.54, 1.807) is 13.2 Å². The molecule has 0 amide bonds. The van der Waals surface area contributed by atoms with Gasteiger partial charge in [-0.3, -0.25) is 0 Å². The average Bonchev–Trinajstić information content (AvgIpc) is 2.60. The molecule has 2 aromatic rings. The van der Waals surface area contributed by atoms with Crippen LogP contribution in [0.15, 0.2) is 18.2 Å². The van der Waals surface area contributed by atoms with Gasteiger partial charge in [-0.15, -0.1) is 5.10 Å². The maximum Gasteiger partial charge on any atom is 0.125 e. The van der Waals surface area contributed by atoms with Crippen LogP contribution in [0.5, 0.6) is 5.75 Å². The quantitative estimate of drug-likeness (QED) is 0.904. The minimum atomic E-state index is -0.0513. The van der Waals surface area contributed by atoms with Crippen molar-refractivity contribution in [3.05, 3.63) is 40.6 Å². The van der Waals surface area contributed by atoms with Gasteiger partial charge in [-0.1, -0.05) is 6.07 Å². The van der Waals surface area contributed by atoms with Crippen LogP contribution >= 0.6 is 0 Å². The first-order valence-corrected chi connectivity index (χ1v) is 9.27. The Morgan fingerprint density at radius 3 is 2.62 bits per heavy atom. The first-order valence-electron chi connectivity index (χ1n) is 9.27. The van der Waals surface area contributed by atoms with E-state index in [0.29, 0.717) is 5.92 Å². The first kappa shape index (κ1) is 18.8. The van der Waals surface area contributed by atoms with Crippen molar-refractivity contribution in [1.82, 2.24) is 15.1 Å². The summed E-state index contributed by atoms with van der Waals surface area (Å²) in [5.41, 5.74) is 5.53. The molecule has 1 aliphatic rings. The van der Waals surface area contributed by atoms with E-state index in [1.807, 2.05) is 26.0 Å². The van der Waals surface area contributed by atoms with E-state index in [2.05, 4.69) is 29.1 Å². The Balaban J connectivity index is 1.98. The third-order valence-corrected chi connectivity index (χ3v) is 5.58. The zero-order chi connectivity index (χ0) is 18.8. The van der Waals surface area contributed by atoms with Crippen molar-refractivity contribution < 1.29 is 9.84 Å². The predicted octanol–water partition coefficient (Wildman–Crippen LogP) is 3.80. The predicted molar refractivity (Wildman–Crippen MR) is 103 cm³/mol. The lowest BCUT2D eigenvalue weighted by Gasteiger charge is -2.34. The summed E-state index contributed by atoms with van der Waals surface area (Å²) in [5, 5.41) is 19.3. The topological polar surface area (TPSA) is 58.5 Å². The van der Waals surface area contributed by atoms with Gasteiger partial charge < -0.3 is 14.7 Å². The highest BCUT2D eigenvalue weighted by atomic mass is 16.5. The molecule has 5 heteroatoms. The van der Waals surface area contributed by atoms with Gasteiger partial charge in [0.15, 0.2) is 0 Å². The van der Waals surface area contributed by atoms with Gasteiger partial charge in [-0.2, -0.15) is 5.10 Å². The Morgan fingerprint density at radius 1 is 1.19 bits per heavy atom. The number of likely N-dealkylation sites (tertiary alicyclic amines) is 1. The number of aromatic nitrogens is 2. The molecular formula is C21H29N3O2. The van der Waals surface area contributed by atoms with Crippen molar-refractivity contribution >= 4 is 0 Å². The van der Waals surface area contributed by atoms with Crippen LogP contribution in [0.4, 0.5) is 0 Å². The van der Waals surface area contributed by atoms with E-state index in [9.17, 15) is 5.11 Å². The summed E-state index contributed by atoms with van der Waals surface area (Å²) in [6.07, 6.45) is 2.27. The van der Waals surface area contributed by atoms with E-state index in [4.69, 9.17) is 4.74 Å². The maximum absolute atomic E-state index is 10.3. The highest BCUT2D eigenvalue weighted by molar-refractivity contribution is 5.70. The second-order valence-electron chi connectivity index (χ2n) is 7.53. The second kappa shape index (κ2) is 7.72. The fraction of sp³-hybridized carbons (Fsp3) is 0.524. The van der Waals surface area contributed by atoms with Gasteiger partial charge in [-0.05, 0) is 76.0 Å². The lowest BCUT2D eigenvalue weighted by atomic mass is 9.88. The molecule has 1 aliphatic heterocycles. The lowest BCUT2D eigenvalue weighted by Crippen LogP contribution is -2.36. The molecule has 26 heavy (non-hydrogen) atoms. The van der Waals surface area contributed by atoms with Gasteiger partial charge in [-0.25, -0.2) is 0 Å². The first-order chi connectivity index (χ1) is 12.4. The molecule has 0 saturated carbocycles. The average molecular weight is 355 g/mol. The monoisotopic (exact) mass is 355 g/mol. The fourth-order valence-electron chi connectivity index (χ4n) is 3.97. The Morgan fingerprint density at radius 2 is 1.96 bits per heavy atom. The number of phenolic OH excluding ortho intramolecular Hbond substituents is 1. The summed E-state index contributed by atoms with van der Waals surface area (Å²) in [5.74, 6) is 0.663. The van der Waals surface area contributed by atoms with Crippen LogP contribution in [0.1, 0.15) is 41.3 Å². The highest BCUT2D eigenvalue weighted by Gasteiger charge is 2.30. The minimum Gasteiger partial charge on any atom is -0.507 e. The standard InChI is InChI=1S/C21H29N3O2/c1-13-8-9-17(18(25)11-13)19-14(2)15(3)20(23-22-19)21(26-5)16-7-6-10-24(4)12-16/h8-9,11,16,21,25H,6-7,10,12H2,1-5H3. The number of aryl methyl sites for hydroxylation is 1. The van der Waals surface area contributed by atoms with Gasteiger partial charge in [0.05, 0.1) is 11.4 Å². The molecule has 5 nitrogen and oxygen atoms in total. The minimum absolute atomic E-state index is 0.0513. The number of phenols is 1. The number of aromatic hydroxyl groups is 1. The van der Waals surface area contributed by atoms with Gasteiger partial charge in [0.2, 0.25) is 0 Å². The van der Waals surface area contributed by atoms with Crippen molar-refractivity contribution in [1.29, 1.82) is 0 Å². The van der Waals surface area contributed by atoms with Crippen LogP contribution in [0, 0.1) is 26.7 Å². The Labute approximate surface area is 156 Å². The third kappa shape index (κ3) is 3.60. The number of ether oxygens (including phenoxy) is 1. The molecule has 140 valence electrons. The molecule has 1 saturated heterocycles. The van der Waals surface area contributed by atoms with Crippen molar-refractivity contribution in [3.8, 4) is 17.0 Å². The van der Waals surface area contributed by atoms with E-state index < -0.39 is 0 Å². The molecule has 2 atom stereocenters. The maximum atomic E-state index is 10.3. The SMILES string of the molecule is COC(c1nnc(-c2ccc(C)cc2O)c(C)c1C)C1CCCN(C)C1. The Hall–Kier alpha value is -1.98. The molecular weight excluding hydrogens is 326 g/mol. The van der Waals surface area contributed by atoms with Crippen LogP contribution in [0.2, 0.25) is 0 Å². The van der Waals surface area contributed by atoms with E-state index in [1.165, 1.54) is 6.42 Å². The zero-order valence-electron chi connectivity index (χ0n) is 16.4. The summed E-state index contributed by atoms with van der Waals surface area (Å²) >= 11 is 0. The fourth-order valence-corrected chi connectivity index (χ4v) is 3.97. The summed E-state index contributed by atoms with van der Waals surface area (Å²) in [7, 11) is 3.92. The summed E-state index contributed by atoms with van der Waals surface area (Å²) in [4.78, 5) is 2.36. The smallest absolute Gasteiger partial charge is 0.125 e. The molecule has 0 spiro atoms. The van der Waals surface area contributed by atoms with E-state index >= 15 is 0 Å². The van der Waals surface area contributed by atoms with Crippen LogP contribution in [-0.4, -0.2) is 47.5 Å². The van der Waals surface area contributed by atoms with Crippen molar-refractivity contribution in [2.45, 2.75) is 39.7 Å². The van der Waals surface area contributed by atoms with Crippen molar-refractivity contribution in [2.24, 2.45) is 5.92 Å². The molecule has 0 aliphatic carbocycles. The van der Waals surface area contributed by atoms with Crippen LogP contribution in [0.25, 0.3) is 11.3 Å². The Kier molecular flexibility index (Phi) is 5.58. The molecule has 1 N–H and O–H groups in total. The molecule has 0 radical (unpaired) electrons. The molecule has 0 bridgehead atoms. The van der Waals surface area contributed by atoms with Gasteiger partial charge in [0, 0.05) is 25.1 Å². The number of hydrogen-bond acceptors (Lipinski definition) is 5. The molecule has 1 aromatic carbocycles. The van der Waals surface area contributed by atoms with Gasteiger partial charge >= 0.3 is 0 Å². The van der Waals surface area contributed by atoms with Gasteiger partial charge in [0.1, 0.15) is 11.9 Å². The highest BCUT2D eigenvalue weighted by Crippen LogP contribution is 2.36. The number of rotatable bonds is 4. The summed E-state index contributed by atoms with van der Waals surface area (Å²) in [6.45, 7) is 8.23. The zero-order valence-corrected chi connectivity index (χ0v) is 16.4. The molecule has 2 unspecified atom stereocenters. The summed E-state index contributed by atoms with van der Waals surface area (Å²) < 4.78 is 5.87. The number of hydrogen-bond donors (Lipinski definition) is 1. The van der Waals surface area contributed by atoms with Crippen LogP contribution in [-0.2, 0) is 4.74 Å². The molecule has 3 rings (SSSR count).